The molecule has 2 aliphatic heterocycles. The topological polar surface area (TPSA) is 63.3 Å². The van der Waals surface area contributed by atoms with Gasteiger partial charge >= 0.3 is 6.18 Å². The lowest BCUT2D eigenvalue weighted by Crippen LogP contribution is -2.32. The zero-order valence-electron chi connectivity index (χ0n) is 20.3. The maximum atomic E-state index is 13.8. The maximum Gasteiger partial charge on any atom is 0.416 e. The quantitative estimate of drug-likeness (QED) is 0.306. The van der Waals surface area contributed by atoms with Crippen LogP contribution < -0.4 is 9.47 Å². The number of pyridine rings is 1. The molecular weight excluding hydrogens is 500 g/mol. The van der Waals surface area contributed by atoms with Crippen LogP contribution in [0.1, 0.15) is 35.7 Å². The smallest absolute Gasteiger partial charge is 0.416 e. The van der Waals surface area contributed by atoms with Crippen LogP contribution in [0.25, 0.3) is 22.6 Å². The number of hydrogen-bond acceptors (Lipinski definition) is 5. The third-order valence-electron chi connectivity index (χ3n) is 6.95. The fraction of sp³-hybridized carbons (Fsp3) is 0.286. The Balaban J connectivity index is 1.22. The van der Waals surface area contributed by atoms with E-state index in [1.54, 1.807) is 6.20 Å². The average Bonchev–Trinajstić information content (AvgIpc) is 3.56. The molecule has 2 aliphatic rings. The normalized spacial score (nSPS) is 16.2. The van der Waals surface area contributed by atoms with Crippen LogP contribution >= 0.6 is 0 Å². The summed E-state index contributed by atoms with van der Waals surface area (Å²) in [6, 6.07) is 14.1. The molecule has 1 fully saturated rings. The lowest BCUT2D eigenvalue weighted by Gasteiger charge is -2.31. The van der Waals surface area contributed by atoms with Crippen molar-refractivity contribution in [2.45, 2.75) is 31.5 Å². The van der Waals surface area contributed by atoms with Crippen molar-refractivity contribution in [1.82, 2.24) is 19.9 Å². The number of H-pyrrole nitrogens is 1. The molecular formula is C28H24F4N4O2. The van der Waals surface area contributed by atoms with Gasteiger partial charge in [0, 0.05) is 24.2 Å². The molecule has 4 aromatic rings. The minimum atomic E-state index is -4.58. The molecule has 6 nitrogen and oxygen atoms in total. The highest BCUT2D eigenvalue weighted by Gasteiger charge is 2.32. The molecule has 10 heteroatoms. The number of halogens is 4. The van der Waals surface area contributed by atoms with E-state index < -0.39 is 17.6 Å². The van der Waals surface area contributed by atoms with Gasteiger partial charge in [0.2, 0.25) is 6.79 Å². The van der Waals surface area contributed by atoms with Crippen LogP contribution in [0.4, 0.5) is 17.6 Å². The van der Waals surface area contributed by atoms with Gasteiger partial charge in [-0.05, 0) is 80.0 Å². The van der Waals surface area contributed by atoms with Crippen LogP contribution in [0, 0.1) is 5.82 Å². The molecule has 0 spiro atoms. The summed E-state index contributed by atoms with van der Waals surface area (Å²) in [5.74, 6) is 1.45. The summed E-state index contributed by atoms with van der Waals surface area (Å²) in [7, 11) is 0. The molecule has 1 saturated heterocycles. The summed E-state index contributed by atoms with van der Waals surface area (Å²) >= 11 is 0. The predicted octanol–water partition coefficient (Wildman–Crippen LogP) is 6.40. The van der Waals surface area contributed by atoms with Crippen molar-refractivity contribution in [2.75, 3.05) is 19.9 Å². The number of aromatic nitrogens is 3. The number of nitrogens with one attached hydrogen (secondary N) is 1. The van der Waals surface area contributed by atoms with Crippen LogP contribution in [0.5, 0.6) is 11.5 Å². The summed E-state index contributed by atoms with van der Waals surface area (Å²) < 4.78 is 64.1. The fourth-order valence-corrected chi connectivity index (χ4v) is 5.06. The van der Waals surface area contributed by atoms with Crippen molar-refractivity contribution in [3.8, 4) is 34.1 Å². The van der Waals surface area contributed by atoms with Crippen LogP contribution in [-0.2, 0) is 12.7 Å². The molecule has 196 valence electrons. The van der Waals surface area contributed by atoms with Crippen LogP contribution in [0.15, 0.2) is 60.8 Å². The van der Waals surface area contributed by atoms with Crippen molar-refractivity contribution in [3.63, 3.8) is 0 Å². The number of hydrogen-bond donors (Lipinski definition) is 1. The molecule has 0 radical (unpaired) electrons. The molecule has 2 aromatic carbocycles. The monoisotopic (exact) mass is 524 g/mol. The van der Waals surface area contributed by atoms with Gasteiger partial charge in [-0.25, -0.2) is 9.37 Å². The second kappa shape index (κ2) is 9.75. The number of nitrogens with zero attached hydrogens (tertiary/aromatic N) is 3. The largest absolute Gasteiger partial charge is 0.454 e. The van der Waals surface area contributed by atoms with E-state index in [9.17, 15) is 17.6 Å². The van der Waals surface area contributed by atoms with E-state index >= 15 is 0 Å². The second-order valence-electron chi connectivity index (χ2n) is 9.53. The number of alkyl halides is 3. The number of benzene rings is 2. The Morgan fingerprint density at radius 1 is 0.974 bits per heavy atom. The van der Waals surface area contributed by atoms with E-state index in [-0.39, 0.29) is 19.3 Å². The fourth-order valence-electron chi connectivity index (χ4n) is 5.06. The summed E-state index contributed by atoms with van der Waals surface area (Å²) in [5, 5.41) is 0. The van der Waals surface area contributed by atoms with Crippen molar-refractivity contribution in [3.05, 3.63) is 83.6 Å². The van der Waals surface area contributed by atoms with E-state index in [2.05, 4.69) is 9.97 Å². The van der Waals surface area contributed by atoms with E-state index in [4.69, 9.17) is 14.5 Å². The lowest BCUT2D eigenvalue weighted by atomic mass is 9.95. The van der Waals surface area contributed by atoms with Gasteiger partial charge in [-0.3, -0.25) is 9.88 Å². The summed E-state index contributed by atoms with van der Waals surface area (Å²) in [5.41, 5.74) is 2.57. The second-order valence-corrected chi connectivity index (χ2v) is 9.53. The van der Waals surface area contributed by atoms with Gasteiger partial charge < -0.3 is 14.5 Å². The van der Waals surface area contributed by atoms with Crippen molar-refractivity contribution < 1.29 is 27.0 Å². The highest BCUT2D eigenvalue weighted by molar-refractivity contribution is 5.78. The summed E-state index contributed by atoms with van der Waals surface area (Å²) in [6.07, 6.45) is -1.33. The van der Waals surface area contributed by atoms with Gasteiger partial charge in [0.1, 0.15) is 11.6 Å². The lowest BCUT2D eigenvalue weighted by molar-refractivity contribution is -0.137. The van der Waals surface area contributed by atoms with Crippen LogP contribution in [0.2, 0.25) is 0 Å². The number of fused-ring (bicyclic) bond motifs is 1. The van der Waals surface area contributed by atoms with E-state index in [0.29, 0.717) is 36.2 Å². The standard InChI is InChI=1S/C28H24F4N4O2/c29-21-12-17(11-20(14-21)28(30,31)32)15-36-9-6-18(7-10-36)27-34-25(26(35-27)22-3-1-2-8-33-22)19-4-5-23-24(13-19)38-16-37-23/h1-5,8,11-14,18H,6-7,9-10,15-16H2,(H,34,35). The van der Waals surface area contributed by atoms with Gasteiger partial charge in [-0.1, -0.05) is 6.07 Å². The number of imidazole rings is 1. The molecule has 0 aliphatic carbocycles. The minimum Gasteiger partial charge on any atom is -0.454 e. The molecule has 0 unspecified atom stereocenters. The van der Waals surface area contributed by atoms with E-state index in [1.807, 2.05) is 41.3 Å². The Morgan fingerprint density at radius 2 is 1.79 bits per heavy atom. The van der Waals surface area contributed by atoms with Gasteiger partial charge in [-0.15, -0.1) is 0 Å². The molecule has 0 atom stereocenters. The molecule has 4 heterocycles. The first-order valence-electron chi connectivity index (χ1n) is 12.3. The third kappa shape index (κ3) is 4.96. The van der Waals surface area contributed by atoms with E-state index in [1.165, 1.54) is 6.07 Å². The minimum absolute atomic E-state index is 0.134. The zero-order valence-corrected chi connectivity index (χ0v) is 20.3. The first-order chi connectivity index (χ1) is 18.3. The maximum absolute atomic E-state index is 13.8. The van der Waals surface area contributed by atoms with E-state index in [0.717, 1.165) is 47.4 Å². The highest BCUT2D eigenvalue weighted by Crippen LogP contribution is 2.39. The van der Waals surface area contributed by atoms with Crippen molar-refractivity contribution in [2.24, 2.45) is 0 Å². The van der Waals surface area contributed by atoms with Gasteiger partial charge in [0.25, 0.3) is 0 Å². The van der Waals surface area contributed by atoms with Crippen LogP contribution in [-0.4, -0.2) is 39.7 Å². The molecule has 2 aromatic heterocycles. The molecule has 1 N–H and O–H groups in total. The van der Waals surface area contributed by atoms with Crippen molar-refractivity contribution >= 4 is 0 Å². The van der Waals surface area contributed by atoms with Crippen molar-refractivity contribution in [1.29, 1.82) is 0 Å². The number of ether oxygens (including phenoxy) is 2. The first-order valence-corrected chi connectivity index (χ1v) is 12.3. The summed E-state index contributed by atoms with van der Waals surface area (Å²) in [6.45, 7) is 1.75. The molecule has 38 heavy (non-hydrogen) atoms. The molecule has 0 amide bonds. The van der Waals surface area contributed by atoms with Gasteiger partial charge in [0.15, 0.2) is 11.5 Å². The average molecular weight is 525 g/mol. The SMILES string of the molecule is Fc1cc(CN2CCC(c3nc(-c4ccc5c(c4)OCO5)c(-c4ccccn4)[nH]3)CC2)cc(C(F)(F)F)c1. The Bertz CT molecular complexity index is 1450. The zero-order chi connectivity index (χ0) is 26.3. The highest BCUT2D eigenvalue weighted by atomic mass is 19.4. The number of piperidine rings is 1. The predicted molar refractivity (Wildman–Crippen MR) is 132 cm³/mol. The van der Waals surface area contributed by atoms with Gasteiger partial charge in [0.05, 0.1) is 22.6 Å². The Morgan fingerprint density at radius 3 is 2.55 bits per heavy atom. The van der Waals surface area contributed by atoms with Crippen LogP contribution in [0.3, 0.4) is 0 Å². The number of aromatic amines is 1. The molecule has 0 bridgehead atoms. The molecule has 6 rings (SSSR count). The first kappa shape index (κ1) is 24.4. The van der Waals surface area contributed by atoms with Gasteiger partial charge in [-0.2, -0.15) is 13.2 Å². The Labute approximate surface area is 216 Å². The number of rotatable bonds is 5. The molecule has 0 saturated carbocycles. The summed E-state index contributed by atoms with van der Waals surface area (Å²) in [4.78, 5) is 15.0. The number of likely N-dealkylation sites (tertiary alicyclic amines) is 1. The Hall–Kier alpha value is -3.92. The Kier molecular flexibility index (Phi) is 6.27. The third-order valence-corrected chi connectivity index (χ3v) is 6.95.